The molecule has 2 aromatic rings. The van der Waals surface area contributed by atoms with Crippen LogP contribution < -0.4 is 0 Å². The highest BCUT2D eigenvalue weighted by molar-refractivity contribution is 7.89. The summed E-state index contributed by atoms with van der Waals surface area (Å²) in [5.74, 6) is -1.60. The maximum atomic E-state index is 15.3. The standard InChI is InChI=1S/C26H29F2N3O3S/c1-18-8-9-25(20-6-4-3-5-7-20)35(33,34)31(18)16-21-14-24(28)22(15-23(21)27)26(17-29)10-12-30(13-11-26)19(2)32/h3-7,14-15,18,25H,8-13,16H2,1-2H3. The van der Waals surface area contributed by atoms with Crippen molar-refractivity contribution >= 4 is 15.9 Å². The summed E-state index contributed by atoms with van der Waals surface area (Å²) in [7, 11) is -3.80. The average molecular weight is 502 g/mol. The molecule has 0 bridgehead atoms. The van der Waals surface area contributed by atoms with Gasteiger partial charge in [0.15, 0.2) is 0 Å². The number of rotatable bonds is 4. The number of halogens is 2. The lowest BCUT2D eigenvalue weighted by atomic mass is 9.73. The molecule has 0 N–H and O–H groups in total. The van der Waals surface area contributed by atoms with Crippen molar-refractivity contribution in [2.75, 3.05) is 13.1 Å². The van der Waals surface area contributed by atoms with Gasteiger partial charge in [0.05, 0.1) is 11.5 Å². The molecule has 2 unspecified atom stereocenters. The lowest BCUT2D eigenvalue weighted by Crippen LogP contribution is -2.45. The number of carbonyl (C=O) groups is 1. The Kier molecular flexibility index (Phi) is 6.98. The minimum Gasteiger partial charge on any atom is -0.343 e. The van der Waals surface area contributed by atoms with E-state index in [-0.39, 0.29) is 55.6 Å². The molecule has 0 saturated carbocycles. The van der Waals surface area contributed by atoms with Gasteiger partial charge in [-0.05, 0) is 50.3 Å². The van der Waals surface area contributed by atoms with Crippen molar-refractivity contribution in [2.45, 2.75) is 62.8 Å². The number of hydrogen-bond acceptors (Lipinski definition) is 4. The molecule has 186 valence electrons. The van der Waals surface area contributed by atoms with Gasteiger partial charge < -0.3 is 4.90 Å². The maximum Gasteiger partial charge on any atom is 0.221 e. The fourth-order valence-corrected chi connectivity index (χ4v) is 7.43. The largest absolute Gasteiger partial charge is 0.343 e. The first-order chi connectivity index (χ1) is 16.6. The molecule has 2 atom stereocenters. The van der Waals surface area contributed by atoms with Crippen LogP contribution in [0.25, 0.3) is 0 Å². The number of piperidine rings is 1. The second-order valence-corrected chi connectivity index (χ2v) is 11.6. The Balaban J connectivity index is 1.62. The van der Waals surface area contributed by atoms with Crippen molar-refractivity contribution in [1.29, 1.82) is 5.26 Å². The number of amides is 1. The normalized spacial score (nSPS) is 24.0. The molecule has 0 spiro atoms. The number of nitrogens with zero attached hydrogens (tertiary/aromatic N) is 3. The molecular formula is C26H29F2N3O3S. The molecule has 0 aromatic heterocycles. The highest BCUT2D eigenvalue weighted by Crippen LogP contribution is 2.40. The lowest BCUT2D eigenvalue weighted by Gasteiger charge is -2.38. The smallest absolute Gasteiger partial charge is 0.221 e. The van der Waals surface area contributed by atoms with E-state index in [1.54, 1.807) is 36.1 Å². The Morgan fingerprint density at radius 3 is 2.37 bits per heavy atom. The van der Waals surface area contributed by atoms with Crippen molar-refractivity contribution in [1.82, 2.24) is 9.21 Å². The third-order valence-electron chi connectivity index (χ3n) is 7.45. The number of benzene rings is 2. The summed E-state index contributed by atoms with van der Waals surface area (Å²) in [5, 5.41) is 9.14. The second kappa shape index (κ2) is 9.67. The fourth-order valence-electron chi connectivity index (χ4n) is 5.24. The molecule has 2 saturated heterocycles. The van der Waals surface area contributed by atoms with Crippen LogP contribution in [0.3, 0.4) is 0 Å². The van der Waals surface area contributed by atoms with Gasteiger partial charge in [-0.25, -0.2) is 17.2 Å². The zero-order valence-corrected chi connectivity index (χ0v) is 20.7. The molecule has 0 radical (unpaired) electrons. The van der Waals surface area contributed by atoms with Crippen LogP contribution in [0.5, 0.6) is 0 Å². The van der Waals surface area contributed by atoms with Crippen LogP contribution in [0, 0.1) is 23.0 Å². The Labute approximate surface area is 205 Å². The van der Waals surface area contributed by atoms with Gasteiger partial charge >= 0.3 is 0 Å². The second-order valence-electron chi connectivity index (χ2n) is 9.54. The number of carbonyl (C=O) groups excluding carboxylic acids is 1. The predicted molar refractivity (Wildman–Crippen MR) is 127 cm³/mol. The quantitative estimate of drug-likeness (QED) is 0.621. The zero-order chi connectivity index (χ0) is 25.4. The Bertz CT molecular complexity index is 1250. The third kappa shape index (κ3) is 4.69. The summed E-state index contributed by atoms with van der Waals surface area (Å²) in [5.41, 5.74) is -0.664. The van der Waals surface area contributed by atoms with Crippen molar-refractivity contribution in [3.63, 3.8) is 0 Å². The Hall–Kier alpha value is -2.83. The number of sulfonamides is 1. The third-order valence-corrected chi connectivity index (χ3v) is 9.82. The Morgan fingerprint density at radius 2 is 1.77 bits per heavy atom. The Morgan fingerprint density at radius 1 is 1.11 bits per heavy atom. The molecule has 9 heteroatoms. The van der Waals surface area contributed by atoms with E-state index in [0.717, 1.165) is 12.1 Å². The summed E-state index contributed by atoms with van der Waals surface area (Å²) < 4.78 is 58.8. The molecular weight excluding hydrogens is 472 g/mol. The van der Waals surface area contributed by atoms with Crippen LogP contribution in [0.1, 0.15) is 61.5 Å². The van der Waals surface area contributed by atoms with Crippen molar-refractivity contribution in [2.24, 2.45) is 0 Å². The first-order valence-corrected chi connectivity index (χ1v) is 13.3. The van der Waals surface area contributed by atoms with Crippen LogP contribution in [0.4, 0.5) is 8.78 Å². The molecule has 2 heterocycles. The van der Waals surface area contributed by atoms with Crippen molar-refractivity contribution in [3.8, 4) is 6.07 Å². The van der Waals surface area contributed by atoms with E-state index in [9.17, 15) is 18.5 Å². The van der Waals surface area contributed by atoms with Gasteiger partial charge in [0.25, 0.3) is 0 Å². The summed E-state index contributed by atoms with van der Waals surface area (Å²) in [6, 6.07) is 12.8. The van der Waals surface area contributed by atoms with Gasteiger partial charge in [0, 0.05) is 43.7 Å². The predicted octanol–water partition coefficient (Wildman–Crippen LogP) is 4.42. The van der Waals surface area contributed by atoms with Crippen LogP contribution in [0.15, 0.2) is 42.5 Å². The highest BCUT2D eigenvalue weighted by Gasteiger charge is 2.42. The maximum absolute atomic E-state index is 15.3. The molecule has 6 nitrogen and oxygen atoms in total. The zero-order valence-electron chi connectivity index (χ0n) is 19.9. The summed E-state index contributed by atoms with van der Waals surface area (Å²) in [6.07, 6.45) is 1.47. The van der Waals surface area contributed by atoms with Gasteiger partial charge in [-0.3, -0.25) is 4.79 Å². The molecule has 35 heavy (non-hydrogen) atoms. The van der Waals surface area contributed by atoms with Crippen molar-refractivity contribution in [3.05, 3.63) is 70.8 Å². The van der Waals surface area contributed by atoms with Gasteiger partial charge in [0.2, 0.25) is 15.9 Å². The van der Waals surface area contributed by atoms with Gasteiger partial charge in [-0.2, -0.15) is 9.57 Å². The van der Waals surface area contributed by atoms with E-state index in [4.69, 9.17) is 0 Å². The van der Waals surface area contributed by atoms with Gasteiger partial charge in [-0.15, -0.1) is 0 Å². The lowest BCUT2D eigenvalue weighted by molar-refractivity contribution is -0.130. The highest BCUT2D eigenvalue weighted by atomic mass is 32.2. The average Bonchev–Trinajstić information content (AvgIpc) is 2.84. The van der Waals surface area contributed by atoms with E-state index < -0.39 is 32.3 Å². The van der Waals surface area contributed by atoms with Gasteiger partial charge in [-0.1, -0.05) is 30.3 Å². The molecule has 0 aliphatic carbocycles. The monoisotopic (exact) mass is 501 g/mol. The molecule has 2 aromatic carbocycles. The van der Waals surface area contributed by atoms with E-state index >= 15 is 8.78 Å². The van der Waals surface area contributed by atoms with Crippen LogP contribution in [0.2, 0.25) is 0 Å². The van der Waals surface area contributed by atoms with E-state index in [1.807, 2.05) is 6.07 Å². The van der Waals surface area contributed by atoms with Crippen molar-refractivity contribution < 1.29 is 22.0 Å². The van der Waals surface area contributed by atoms with Crippen LogP contribution >= 0.6 is 0 Å². The minimum atomic E-state index is -3.80. The fraction of sp³-hybridized carbons (Fsp3) is 0.462. The topological polar surface area (TPSA) is 81.5 Å². The molecule has 2 aliphatic heterocycles. The van der Waals surface area contributed by atoms with E-state index in [0.29, 0.717) is 18.4 Å². The van der Waals surface area contributed by atoms with Crippen LogP contribution in [-0.4, -0.2) is 42.7 Å². The first kappa shape index (κ1) is 25.3. The molecule has 1 amide bonds. The summed E-state index contributed by atoms with van der Waals surface area (Å²) >= 11 is 0. The summed E-state index contributed by atoms with van der Waals surface area (Å²) in [6.45, 7) is 3.50. The minimum absolute atomic E-state index is 0.0406. The molecule has 2 aliphatic rings. The molecule has 2 fully saturated rings. The number of likely N-dealkylation sites (tertiary alicyclic amines) is 1. The number of nitriles is 1. The SMILES string of the molecule is CC(=O)N1CCC(C#N)(c2cc(F)c(CN3C(C)CCC(c4ccccc4)S3(=O)=O)cc2F)CC1. The summed E-state index contributed by atoms with van der Waals surface area (Å²) in [4.78, 5) is 13.2. The van der Waals surface area contributed by atoms with Crippen LogP contribution in [-0.2, 0) is 26.8 Å². The molecule has 4 rings (SSSR count). The van der Waals surface area contributed by atoms with Gasteiger partial charge in [0.1, 0.15) is 16.9 Å². The first-order valence-electron chi connectivity index (χ1n) is 11.8. The number of hydrogen-bond donors (Lipinski definition) is 0. The van der Waals surface area contributed by atoms with E-state index in [2.05, 4.69) is 6.07 Å². The van der Waals surface area contributed by atoms with E-state index in [1.165, 1.54) is 11.2 Å².